The van der Waals surface area contributed by atoms with Crippen LogP contribution in [0.4, 0.5) is 0 Å². The van der Waals surface area contributed by atoms with Crippen LogP contribution in [-0.2, 0) is 14.2 Å². The van der Waals surface area contributed by atoms with Gasteiger partial charge in [-0.1, -0.05) is 65.2 Å². The van der Waals surface area contributed by atoms with Crippen molar-refractivity contribution in [3.63, 3.8) is 0 Å². The molecule has 0 saturated heterocycles. The second kappa shape index (κ2) is 18.9. The number of hydrogen-bond donors (Lipinski definition) is 0. The van der Waals surface area contributed by atoms with Crippen LogP contribution >= 0.6 is 0 Å². The maximum atomic E-state index is 6.02. The minimum absolute atomic E-state index is 0.458. The Morgan fingerprint density at radius 1 is 0.636 bits per heavy atom. The van der Waals surface area contributed by atoms with Gasteiger partial charge in [0, 0.05) is 20.3 Å². The summed E-state index contributed by atoms with van der Waals surface area (Å²) < 4.78 is 16.4. The molecule has 0 aliphatic carbocycles. The van der Waals surface area contributed by atoms with Gasteiger partial charge in [0.1, 0.15) is 0 Å². The summed E-state index contributed by atoms with van der Waals surface area (Å²) in [6.07, 6.45) is 14.7. The predicted octanol–water partition coefficient (Wildman–Crippen LogP) is 5.37. The highest BCUT2D eigenvalue weighted by Gasteiger charge is 2.07. The Morgan fingerprint density at radius 2 is 1.36 bits per heavy atom. The van der Waals surface area contributed by atoms with Crippen LogP contribution in [0, 0.1) is 0 Å². The highest BCUT2D eigenvalue weighted by atomic mass is 16.5. The third-order valence-electron chi connectivity index (χ3n) is 3.96. The van der Waals surface area contributed by atoms with Gasteiger partial charge >= 0.3 is 0 Å². The van der Waals surface area contributed by atoms with E-state index in [-0.39, 0.29) is 0 Å². The molecule has 0 N–H and O–H groups in total. The Bertz CT molecular complexity index is 179. The fourth-order valence-electron chi connectivity index (χ4n) is 2.62. The van der Waals surface area contributed by atoms with Crippen LogP contribution in [0.1, 0.15) is 84.5 Å². The zero-order valence-electron chi connectivity index (χ0n) is 15.4. The van der Waals surface area contributed by atoms with Gasteiger partial charge in [0.25, 0.3) is 0 Å². The lowest BCUT2D eigenvalue weighted by Crippen LogP contribution is -2.15. The smallest absolute Gasteiger partial charge is 0.0700 e. The SMILES string of the molecule is CCCCCCCCCC(CCC)OCCCOCCOC. The third-order valence-corrected chi connectivity index (χ3v) is 3.96. The lowest BCUT2D eigenvalue weighted by atomic mass is 10.0. The molecular weight excluding hydrogens is 276 g/mol. The van der Waals surface area contributed by atoms with Crippen LogP contribution in [0.15, 0.2) is 0 Å². The van der Waals surface area contributed by atoms with Gasteiger partial charge in [0.15, 0.2) is 0 Å². The van der Waals surface area contributed by atoms with Crippen molar-refractivity contribution in [3.05, 3.63) is 0 Å². The van der Waals surface area contributed by atoms with Crippen molar-refractivity contribution in [1.29, 1.82) is 0 Å². The van der Waals surface area contributed by atoms with Gasteiger partial charge in [0.05, 0.1) is 19.3 Å². The molecule has 0 heterocycles. The minimum atomic E-state index is 0.458. The summed E-state index contributed by atoms with van der Waals surface area (Å²) in [5.41, 5.74) is 0. The van der Waals surface area contributed by atoms with Gasteiger partial charge < -0.3 is 14.2 Å². The molecule has 134 valence electrons. The zero-order chi connectivity index (χ0) is 16.3. The van der Waals surface area contributed by atoms with Crippen molar-refractivity contribution >= 4 is 0 Å². The molecule has 0 aromatic heterocycles. The van der Waals surface area contributed by atoms with E-state index in [2.05, 4.69) is 13.8 Å². The molecule has 0 fully saturated rings. The van der Waals surface area contributed by atoms with E-state index in [9.17, 15) is 0 Å². The standard InChI is InChI=1S/C19H40O3/c1-4-6-7-8-9-10-11-14-19(13-5-2)22-16-12-15-21-18-17-20-3/h19H,4-18H2,1-3H3. The van der Waals surface area contributed by atoms with E-state index in [1.54, 1.807) is 7.11 Å². The minimum Gasteiger partial charge on any atom is -0.382 e. The summed E-state index contributed by atoms with van der Waals surface area (Å²) >= 11 is 0. The number of methoxy groups -OCH3 is 1. The largest absolute Gasteiger partial charge is 0.382 e. The van der Waals surface area contributed by atoms with Crippen LogP contribution in [0.5, 0.6) is 0 Å². The molecule has 3 heteroatoms. The summed E-state index contributed by atoms with van der Waals surface area (Å²) in [7, 11) is 1.70. The van der Waals surface area contributed by atoms with Crippen molar-refractivity contribution < 1.29 is 14.2 Å². The molecule has 1 atom stereocenters. The molecule has 0 rings (SSSR count). The van der Waals surface area contributed by atoms with E-state index in [1.165, 1.54) is 64.2 Å². The van der Waals surface area contributed by atoms with Gasteiger partial charge in [0.2, 0.25) is 0 Å². The highest BCUT2D eigenvalue weighted by molar-refractivity contribution is 4.58. The van der Waals surface area contributed by atoms with Gasteiger partial charge in [-0.25, -0.2) is 0 Å². The summed E-state index contributed by atoms with van der Waals surface area (Å²) in [4.78, 5) is 0. The Balaban J connectivity index is 3.44. The van der Waals surface area contributed by atoms with E-state index in [0.717, 1.165) is 19.6 Å². The van der Waals surface area contributed by atoms with Crippen molar-refractivity contribution in [2.75, 3.05) is 33.5 Å². The Kier molecular flexibility index (Phi) is 18.8. The first-order valence-corrected chi connectivity index (χ1v) is 9.53. The lowest BCUT2D eigenvalue weighted by Gasteiger charge is -2.17. The summed E-state index contributed by atoms with van der Waals surface area (Å²) in [6, 6.07) is 0. The fraction of sp³-hybridized carbons (Fsp3) is 1.00. The molecule has 3 nitrogen and oxygen atoms in total. The van der Waals surface area contributed by atoms with Crippen LogP contribution in [0.25, 0.3) is 0 Å². The predicted molar refractivity (Wildman–Crippen MR) is 94.6 cm³/mol. The van der Waals surface area contributed by atoms with Crippen LogP contribution in [-0.4, -0.2) is 39.6 Å². The first kappa shape index (κ1) is 21.9. The van der Waals surface area contributed by atoms with E-state index in [0.29, 0.717) is 19.3 Å². The third kappa shape index (κ3) is 16.3. The quantitative estimate of drug-likeness (QED) is 0.318. The second-order valence-corrected chi connectivity index (χ2v) is 6.15. The van der Waals surface area contributed by atoms with Crippen LogP contribution < -0.4 is 0 Å². The Hall–Kier alpha value is -0.120. The first-order chi connectivity index (χ1) is 10.8. The molecule has 0 saturated carbocycles. The van der Waals surface area contributed by atoms with Gasteiger partial charge in [-0.05, 0) is 19.3 Å². The molecule has 0 aliphatic heterocycles. The summed E-state index contributed by atoms with van der Waals surface area (Å²) in [6.45, 7) is 7.49. The number of rotatable bonds is 18. The molecule has 0 radical (unpaired) electrons. The maximum Gasteiger partial charge on any atom is 0.0700 e. The highest BCUT2D eigenvalue weighted by Crippen LogP contribution is 2.14. The van der Waals surface area contributed by atoms with Gasteiger partial charge in [-0.2, -0.15) is 0 Å². The van der Waals surface area contributed by atoms with Gasteiger partial charge in [-0.15, -0.1) is 0 Å². The molecule has 0 aliphatic rings. The second-order valence-electron chi connectivity index (χ2n) is 6.15. The molecule has 0 aromatic carbocycles. The van der Waals surface area contributed by atoms with Crippen LogP contribution in [0.3, 0.4) is 0 Å². The summed E-state index contributed by atoms with van der Waals surface area (Å²) in [5.74, 6) is 0. The van der Waals surface area contributed by atoms with E-state index >= 15 is 0 Å². The number of hydrogen-bond acceptors (Lipinski definition) is 3. The number of ether oxygens (including phenoxy) is 3. The van der Waals surface area contributed by atoms with Gasteiger partial charge in [-0.3, -0.25) is 0 Å². The van der Waals surface area contributed by atoms with Crippen molar-refractivity contribution in [1.82, 2.24) is 0 Å². The van der Waals surface area contributed by atoms with Crippen molar-refractivity contribution in [3.8, 4) is 0 Å². The van der Waals surface area contributed by atoms with E-state index < -0.39 is 0 Å². The Labute approximate surface area is 139 Å². The monoisotopic (exact) mass is 316 g/mol. The van der Waals surface area contributed by atoms with E-state index in [1.807, 2.05) is 0 Å². The number of unbranched alkanes of at least 4 members (excludes halogenated alkanes) is 6. The molecule has 0 bridgehead atoms. The van der Waals surface area contributed by atoms with Crippen molar-refractivity contribution in [2.24, 2.45) is 0 Å². The molecular formula is C19H40O3. The van der Waals surface area contributed by atoms with Crippen LogP contribution in [0.2, 0.25) is 0 Å². The molecule has 0 spiro atoms. The molecule has 0 amide bonds. The fourth-order valence-corrected chi connectivity index (χ4v) is 2.62. The normalized spacial score (nSPS) is 12.7. The maximum absolute atomic E-state index is 6.02. The topological polar surface area (TPSA) is 27.7 Å². The summed E-state index contributed by atoms with van der Waals surface area (Å²) in [5, 5.41) is 0. The Morgan fingerprint density at radius 3 is 2.05 bits per heavy atom. The lowest BCUT2D eigenvalue weighted by molar-refractivity contribution is 0.0155. The molecule has 22 heavy (non-hydrogen) atoms. The van der Waals surface area contributed by atoms with E-state index in [4.69, 9.17) is 14.2 Å². The molecule has 1 unspecified atom stereocenters. The average Bonchev–Trinajstić information content (AvgIpc) is 2.53. The average molecular weight is 317 g/mol. The molecule has 0 aromatic rings. The first-order valence-electron chi connectivity index (χ1n) is 9.53. The zero-order valence-corrected chi connectivity index (χ0v) is 15.4. The van der Waals surface area contributed by atoms with Crippen molar-refractivity contribution in [2.45, 2.75) is 90.6 Å².